The molecule has 1 N–H and O–H groups in total. The Morgan fingerprint density at radius 1 is 1.15 bits per heavy atom. The van der Waals surface area contributed by atoms with E-state index in [4.69, 9.17) is 4.42 Å². The lowest BCUT2D eigenvalue weighted by atomic mass is 10.0. The molecule has 1 aromatic carbocycles. The van der Waals surface area contributed by atoms with Crippen LogP contribution >= 0.6 is 11.8 Å². The second kappa shape index (κ2) is 7.52. The first kappa shape index (κ1) is 19.1. The Labute approximate surface area is 161 Å². The highest BCUT2D eigenvalue weighted by Crippen LogP contribution is 2.30. The number of ketones is 2. The summed E-state index contributed by atoms with van der Waals surface area (Å²) in [6.07, 6.45) is 0. The number of hydrogen-bond donors (Lipinski definition) is 1. The highest BCUT2D eigenvalue weighted by atomic mass is 32.2. The van der Waals surface area contributed by atoms with E-state index >= 15 is 0 Å². The normalized spacial score (nSPS) is 12.2. The zero-order chi connectivity index (χ0) is 19.7. The Balaban J connectivity index is 1.79. The van der Waals surface area contributed by atoms with Crippen LogP contribution in [0.4, 0.5) is 0 Å². The lowest BCUT2D eigenvalue weighted by Gasteiger charge is -2.07. The minimum atomic E-state index is -0.438. The quantitative estimate of drug-likeness (QED) is 0.496. The SMILES string of the molecule is CC(=O)c1c(C)[nH]c(C(=O)[C@@H](C)Sc2nnc(-c3ccccc3C)o2)c1C. The highest BCUT2D eigenvalue weighted by molar-refractivity contribution is 8.00. The van der Waals surface area contributed by atoms with E-state index in [0.29, 0.717) is 33.6 Å². The Bertz CT molecular complexity index is 1020. The minimum Gasteiger partial charge on any atom is -0.411 e. The fourth-order valence-corrected chi connectivity index (χ4v) is 3.85. The maximum Gasteiger partial charge on any atom is 0.277 e. The zero-order valence-electron chi connectivity index (χ0n) is 15.9. The average Bonchev–Trinajstić information content (AvgIpc) is 3.18. The number of H-pyrrole nitrogens is 1. The van der Waals surface area contributed by atoms with Crippen molar-refractivity contribution in [3.63, 3.8) is 0 Å². The summed E-state index contributed by atoms with van der Waals surface area (Å²) in [6.45, 7) is 8.84. The van der Waals surface area contributed by atoms with Crippen molar-refractivity contribution in [1.29, 1.82) is 0 Å². The molecular weight excluding hydrogens is 362 g/mol. The molecule has 0 aliphatic rings. The number of nitrogens with zero attached hydrogens (tertiary/aromatic N) is 2. The number of aromatic amines is 1. The van der Waals surface area contributed by atoms with Gasteiger partial charge in [-0.25, -0.2) is 0 Å². The van der Waals surface area contributed by atoms with E-state index in [9.17, 15) is 9.59 Å². The number of rotatable bonds is 6. The highest BCUT2D eigenvalue weighted by Gasteiger charge is 2.26. The van der Waals surface area contributed by atoms with Crippen LogP contribution in [-0.4, -0.2) is 32.0 Å². The molecular formula is C20H21N3O3S. The Morgan fingerprint density at radius 2 is 1.85 bits per heavy atom. The van der Waals surface area contributed by atoms with Crippen molar-refractivity contribution in [2.45, 2.75) is 45.1 Å². The summed E-state index contributed by atoms with van der Waals surface area (Å²) in [7, 11) is 0. The van der Waals surface area contributed by atoms with E-state index in [-0.39, 0.29) is 11.6 Å². The van der Waals surface area contributed by atoms with Crippen LogP contribution in [0.15, 0.2) is 33.9 Å². The van der Waals surface area contributed by atoms with Crippen LogP contribution in [0, 0.1) is 20.8 Å². The van der Waals surface area contributed by atoms with Gasteiger partial charge < -0.3 is 9.40 Å². The van der Waals surface area contributed by atoms with Gasteiger partial charge in [0.1, 0.15) is 0 Å². The van der Waals surface area contributed by atoms with Crippen LogP contribution in [0.2, 0.25) is 0 Å². The molecule has 140 valence electrons. The molecule has 0 unspecified atom stereocenters. The molecule has 3 rings (SSSR count). The van der Waals surface area contributed by atoms with Gasteiger partial charge in [0.05, 0.1) is 10.9 Å². The monoisotopic (exact) mass is 383 g/mol. The standard InChI is InChI=1S/C20H21N3O3S/c1-10-8-6-7-9-15(10)19-22-23-20(26-19)27-14(5)18(25)17-11(2)16(13(4)24)12(3)21-17/h6-9,14,21H,1-5H3/t14-/m1/s1. The zero-order valence-corrected chi connectivity index (χ0v) is 16.7. The number of nitrogens with one attached hydrogen (secondary N) is 1. The fourth-order valence-electron chi connectivity index (χ4n) is 3.11. The van der Waals surface area contributed by atoms with Crippen LogP contribution in [0.3, 0.4) is 0 Å². The summed E-state index contributed by atoms with van der Waals surface area (Å²) in [6, 6.07) is 7.75. The van der Waals surface area contributed by atoms with Crippen molar-refractivity contribution < 1.29 is 14.0 Å². The van der Waals surface area contributed by atoms with E-state index in [2.05, 4.69) is 15.2 Å². The molecule has 0 aliphatic heterocycles. The van der Waals surface area contributed by atoms with E-state index < -0.39 is 5.25 Å². The van der Waals surface area contributed by atoms with Gasteiger partial charge >= 0.3 is 0 Å². The smallest absolute Gasteiger partial charge is 0.277 e. The molecule has 0 bridgehead atoms. The molecule has 27 heavy (non-hydrogen) atoms. The first-order valence-electron chi connectivity index (χ1n) is 8.60. The molecule has 1 atom stereocenters. The van der Waals surface area contributed by atoms with Crippen molar-refractivity contribution in [3.8, 4) is 11.5 Å². The molecule has 2 heterocycles. The van der Waals surface area contributed by atoms with Gasteiger partial charge in [0.2, 0.25) is 5.89 Å². The van der Waals surface area contributed by atoms with E-state index in [0.717, 1.165) is 11.1 Å². The molecule has 0 radical (unpaired) electrons. The Morgan fingerprint density at radius 3 is 2.48 bits per heavy atom. The third-order valence-electron chi connectivity index (χ3n) is 4.46. The number of aromatic nitrogens is 3. The summed E-state index contributed by atoms with van der Waals surface area (Å²) in [5, 5.41) is 8.04. The largest absolute Gasteiger partial charge is 0.411 e. The Kier molecular flexibility index (Phi) is 5.32. The second-order valence-corrected chi connectivity index (χ2v) is 7.79. The van der Waals surface area contributed by atoms with Gasteiger partial charge in [0.15, 0.2) is 11.6 Å². The van der Waals surface area contributed by atoms with Crippen molar-refractivity contribution in [2.24, 2.45) is 0 Å². The summed E-state index contributed by atoms with van der Waals surface area (Å²) in [5.41, 5.74) is 4.34. The molecule has 0 saturated heterocycles. The molecule has 0 spiro atoms. The molecule has 2 aromatic heterocycles. The van der Waals surface area contributed by atoms with Gasteiger partial charge in [0, 0.05) is 16.8 Å². The van der Waals surface area contributed by atoms with E-state index in [1.807, 2.05) is 31.2 Å². The predicted octanol–water partition coefficient (Wildman–Crippen LogP) is 4.56. The molecule has 7 heteroatoms. The van der Waals surface area contributed by atoms with Gasteiger partial charge in [-0.15, -0.1) is 10.2 Å². The predicted molar refractivity (Wildman–Crippen MR) is 104 cm³/mol. The van der Waals surface area contributed by atoms with Crippen molar-refractivity contribution in [2.75, 3.05) is 0 Å². The van der Waals surface area contributed by atoms with Crippen LogP contribution in [0.1, 0.15) is 51.5 Å². The molecule has 0 amide bonds. The lowest BCUT2D eigenvalue weighted by molar-refractivity contribution is 0.0988. The maximum absolute atomic E-state index is 12.8. The molecule has 0 aliphatic carbocycles. The van der Waals surface area contributed by atoms with Crippen molar-refractivity contribution in [3.05, 3.63) is 52.3 Å². The minimum absolute atomic E-state index is 0.0552. The molecule has 3 aromatic rings. The Hall–Kier alpha value is -2.67. The third-order valence-corrected chi connectivity index (χ3v) is 5.40. The van der Waals surface area contributed by atoms with E-state index in [1.165, 1.54) is 18.7 Å². The third kappa shape index (κ3) is 3.73. The number of thioether (sulfide) groups is 1. The molecule has 6 nitrogen and oxygen atoms in total. The number of Topliss-reactive ketones (excluding diaryl/α,β-unsaturated/α-hetero) is 2. The summed E-state index contributed by atoms with van der Waals surface area (Å²) in [5.74, 6) is 0.269. The number of carbonyl (C=O) groups excluding carboxylic acids is 2. The number of benzene rings is 1. The van der Waals surface area contributed by atoms with Crippen LogP contribution in [0.25, 0.3) is 11.5 Å². The first-order chi connectivity index (χ1) is 12.8. The summed E-state index contributed by atoms with van der Waals surface area (Å²) >= 11 is 1.21. The number of hydrogen-bond acceptors (Lipinski definition) is 6. The second-order valence-electron chi connectivity index (χ2n) is 6.49. The average molecular weight is 383 g/mol. The van der Waals surface area contributed by atoms with Gasteiger partial charge in [-0.05, 0) is 51.8 Å². The summed E-state index contributed by atoms with van der Waals surface area (Å²) in [4.78, 5) is 27.7. The fraction of sp³-hybridized carbons (Fsp3) is 0.300. The lowest BCUT2D eigenvalue weighted by Crippen LogP contribution is -2.15. The van der Waals surface area contributed by atoms with E-state index in [1.54, 1.807) is 20.8 Å². The first-order valence-corrected chi connectivity index (χ1v) is 9.48. The maximum atomic E-state index is 12.8. The van der Waals surface area contributed by atoms with Crippen LogP contribution < -0.4 is 0 Å². The van der Waals surface area contributed by atoms with Gasteiger partial charge in [-0.3, -0.25) is 9.59 Å². The number of carbonyl (C=O) groups is 2. The molecule has 0 fully saturated rings. The van der Waals surface area contributed by atoms with Crippen molar-refractivity contribution in [1.82, 2.24) is 15.2 Å². The topological polar surface area (TPSA) is 88.9 Å². The van der Waals surface area contributed by atoms with Gasteiger partial charge in [-0.1, -0.05) is 30.0 Å². The van der Waals surface area contributed by atoms with Crippen LogP contribution in [0.5, 0.6) is 0 Å². The van der Waals surface area contributed by atoms with Gasteiger partial charge in [0.25, 0.3) is 5.22 Å². The molecule has 0 saturated carbocycles. The summed E-state index contributed by atoms with van der Waals surface area (Å²) < 4.78 is 5.73. The van der Waals surface area contributed by atoms with Gasteiger partial charge in [-0.2, -0.15) is 0 Å². The van der Waals surface area contributed by atoms with Crippen molar-refractivity contribution >= 4 is 23.3 Å². The van der Waals surface area contributed by atoms with Crippen LogP contribution in [-0.2, 0) is 0 Å². The number of aryl methyl sites for hydroxylation is 2.